The number of hydrogen-bond acceptors (Lipinski definition) is 3. The highest BCUT2D eigenvalue weighted by Gasteiger charge is 2.23. The molecule has 8 heteroatoms. The molecular formula is C18H15ClFN3O3. The van der Waals surface area contributed by atoms with E-state index in [1.54, 1.807) is 30.8 Å². The van der Waals surface area contributed by atoms with Crippen LogP contribution in [0, 0.1) is 12.7 Å². The Hall–Kier alpha value is -3.06. The summed E-state index contributed by atoms with van der Waals surface area (Å²) in [5, 5.41) is 11.7. The molecule has 3 aromatic rings. The molecule has 0 spiro atoms. The van der Waals surface area contributed by atoms with E-state index < -0.39 is 23.0 Å². The molecule has 0 unspecified atom stereocenters. The Labute approximate surface area is 153 Å². The minimum absolute atomic E-state index is 0.0409. The van der Waals surface area contributed by atoms with E-state index in [-0.39, 0.29) is 16.3 Å². The van der Waals surface area contributed by atoms with E-state index in [9.17, 15) is 19.1 Å². The van der Waals surface area contributed by atoms with E-state index in [1.807, 2.05) is 18.2 Å². The molecule has 0 atom stereocenters. The summed E-state index contributed by atoms with van der Waals surface area (Å²) in [6, 6.07) is 11.0. The van der Waals surface area contributed by atoms with Crippen LogP contribution in [0.3, 0.4) is 0 Å². The van der Waals surface area contributed by atoms with Crippen LogP contribution in [-0.4, -0.2) is 20.4 Å². The Morgan fingerprint density at radius 3 is 2.54 bits per heavy atom. The predicted octanol–water partition coefficient (Wildman–Crippen LogP) is 3.23. The number of nitrogens with zero attached hydrogens (tertiary/aromatic N) is 2. The maximum Gasteiger partial charge on any atom is 0.279 e. The molecule has 3 rings (SSSR count). The molecule has 1 aromatic heterocycles. The van der Waals surface area contributed by atoms with Gasteiger partial charge in [0.2, 0.25) is 0 Å². The van der Waals surface area contributed by atoms with Crippen molar-refractivity contribution in [3.8, 4) is 11.4 Å². The molecule has 2 aromatic carbocycles. The molecule has 26 heavy (non-hydrogen) atoms. The molecule has 0 aliphatic carbocycles. The number of phenols is 1. The highest BCUT2D eigenvalue weighted by molar-refractivity contribution is 6.34. The number of aromatic nitrogens is 2. The number of aromatic hydroxyl groups is 1. The normalized spacial score (nSPS) is 10.8. The lowest BCUT2D eigenvalue weighted by molar-refractivity contribution is 0.102. The number of anilines is 1. The van der Waals surface area contributed by atoms with Gasteiger partial charge < -0.3 is 10.4 Å². The van der Waals surface area contributed by atoms with Gasteiger partial charge in [-0.1, -0.05) is 29.8 Å². The average molecular weight is 376 g/mol. The summed E-state index contributed by atoms with van der Waals surface area (Å²) < 4.78 is 16.5. The first-order valence-electron chi connectivity index (χ1n) is 7.64. The first-order chi connectivity index (χ1) is 12.3. The second-order valence-electron chi connectivity index (χ2n) is 5.67. The van der Waals surface area contributed by atoms with Crippen molar-refractivity contribution in [3.05, 3.63) is 74.9 Å². The van der Waals surface area contributed by atoms with Gasteiger partial charge in [0.1, 0.15) is 5.56 Å². The monoisotopic (exact) mass is 375 g/mol. The van der Waals surface area contributed by atoms with Crippen molar-refractivity contribution >= 4 is 23.2 Å². The quantitative estimate of drug-likeness (QED) is 0.690. The number of benzene rings is 2. The lowest BCUT2D eigenvalue weighted by Crippen LogP contribution is -2.24. The standard InChI is InChI=1S/C18H15ClFN3O3/c1-10-16(17(25)21-14-9-13(20)15(24)8-12(14)19)18(26)22(2)23(10)11-6-4-3-5-7-11/h3-9,24H,1-2H3,(H,21,25). The molecule has 0 aliphatic rings. The van der Waals surface area contributed by atoms with Gasteiger partial charge in [-0.25, -0.2) is 9.07 Å². The van der Waals surface area contributed by atoms with Gasteiger partial charge >= 0.3 is 0 Å². The van der Waals surface area contributed by atoms with Crippen LogP contribution >= 0.6 is 11.6 Å². The van der Waals surface area contributed by atoms with Crippen LogP contribution in [0.25, 0.3) is 5.69 Å². The zero-order valence-electron chi connectivity index (χ0n) is 14.0. The summed E-state index contributed by atoms with van der Waals surface area (Å²) in [6.45, 7) is 1.64. The van der Waals surface area contributed by atoms with Gasteiger partial charge in [0.05, 0.1) is 22.1 Å². The Morgan fingerprint density at radius 1 is 1.23 bits per heavy atom. The third-order valence-electron chi connectivity index (χ3n) is 4.00. The number of nitrogens with one attached hydrogen (secondary N) is 1. The zero-order chi connectivity index (χ0) is 19.0. The SMILES string of the molecule is Cc1c(C(=O)Nc2cc(F)c(O)cc2Cl)c(=O)n(C)n1-c1ccccc1. The highest BCUT2D eigenvalue weighted by atomic mass is 35.5. The minimum Gasteiger partial charge on any atom is -0.505 e. The number of rotatable bonds is 3. The van der Waals surface area contributed by atoms with Gasteiger partial charge in [-0.2, -0.15) is 0 Å². The largest absolute Gasteiger partial charge is 0.505 e. The number of amides is 1. The third kappa shape index (κ3) is 2.97. The molecule has 0 radical (unpaired) electrons. The van der Waals surface area contributed by atoms with Crippen LogP contribution in [0.4, 0.5) is 10.1 Å². The number of hydrogen-bond donors (Lipinski definition) is 2. The number of phenolic OH excluding ortho intramolecular Hbond substituents is 1. The summed E-state index contributed by atoms with van der Waals surface area (Å²) in [5.41, 5.74) is 0.523. The Balaban J connectivity index is 2.04. The van der Waals surface area contributed by atoms with Gasteiger partial charge in [-0.05, 0) is 19.1 Å². The summed E-state index contributed by atoms with van der Waals surface area (Å²) in [5.74, 6) is -2.28. The van der Waals surface area contributed by atoms with Crippen LogP contribution in [0.5, 0.6) is 5.75 Å². The van der Waals surface area contributed by atoms with E-state index in [0.29, 0.717) is 5.69 Å². The fourth-order valence-corrected chi connectivity index (χ4v) is 2.96. The predicted molar refractivity (Wildman–Crippen MR) is 96.8 cm³/mol. The second-order valence-corrected chi connectivity index (χ2v) is 6.08. The zero-order valence-corrected chi connectivity index (χ0v) is 14.7. The van der Waals surface area contributed by atoms with Crippen LogP contribution in [0.1, 0.15) is 16.1 Å². The van der Waals surface area contributed by atoms with Crippen LogP contribution in [0.2, 0.25) is 5.02 Å². The van der Waals surface area contributed by atoms with Gasteiger partial charge in [-0.15, -0.1) is 0 Å². The molecule has 134 valence electrons. The molecule has 0 saturated carbocycles. The molecule has 0 saturated heterocycles. The fourth-order valence-electron chi connectivity index (χ4n) is 2.75. The number of carbonyl (C=O) groups excluding carboxylic acids is 1. The fraction of sp³-hybridized carbons (Fsp3) is 0.111. The second kappa shape index (κ2) is 6.68. The maximum absolute atomic E-state index is 13.5. The number of para-hydroxylation sites is 1. The highest BCUT2D eigenvalue weighted by Crippen LogP contribution is 2.29. The number of carbonyl (C=O) groups is 1. The van der Waals surface area contributed by atoms with Crippen molar-refractivity contribution in [2.24, 2.45) is 7.05 Å². The molecule has 0 fully saturated rings. The average Bonchev–Trinajstić information content (AvgIpc) is 2.82. The van der Waals surface area contributed by atoms with Crippen LogP contribution in [0.15, 0.2) is 47.3 Å². The van der Waals surface area contributed by atoms with E-state index >= 15 is 0 Å². The molecule has 2 N–H and O–H groups in total. The van der Waals surface area contributed by atoms with Gasteiger partial charge in [0.25, 0.3) is 11.5 Å². The van der Waals surface area contributed by atoms with Crippen LogP contribution in [-0.2, 0) is 7.05 Å². The van der Waals surface area contributed by atoms with Crippen molar-refractivity contribution < 1.29 is 14.3 Å². The molecule has 6 nitrogen and oxygen atoms in total. The van der Waals surface area contributed by atoms with Crippen molar-refractivity contribution in [2.75, 3.05) is 5.32 Å². The lowest BCUT2D eigenvalue weighted by atomic mass is 10.2. The molecule has 0 aliphatic heterocycles. The third-order valence-corrected chi connectivity index (χ3v) is 4.31. The van der Waals surface area contributed by atoms with Crippen molar-refractivity contribution in [1.29, 1.82) is 0 Å². The first-order valence-corrected chi connectivity index (χ1v) is 8.02. The summed E-state index contributed by atoms with van der Waals surface area (Å²) >= 11 is 5.92. The van der Waals surface area contributed by atoms with Gasteiger partial charge in [-0.3, -0.25) is 14.3 Å². The Bertz CT molecular complexity index is 1060. The molecule has 1 amide bonds. The molecule has 1 heterocycles. The van der Waals surface area contributed by atoms with Gasteiger partial charge in [0, 0.05) is 19.2 Å². The van der Waals surface area contributed by atoms with Crippen molar-refractivity contribution in [2.45, 2.75) is 6.92 Å². The first kappa shape index (κ1) is 17.8. The number of halogens is 2. The van der Waals surface area contributed by atoms with E-state index in [0.717, 1.165) is 17.8 Å². The van der Waals surface area contributed by atoms with E-state index in [4.69, 9.17) is 11.6 Å². The van der Waals surface area contributed by atoms with Gasteiger partial charge in [0.15, 0.2) is 11.6 Å². The lowest BCUT2D eigenvalue weighted by Gasteiger charge is -2.10. The van der Waals surface area contributed by atoms with E-state index in [2.05, 4.69) is 5.32 Å². The smallest absolute Gasteiger partial charge is 0.279 e. The Morgan fingerprint density at radius 2 is 1.88 bits per heavy atom. The topological polar surface area (TPSA) is 76.3 Å². The summed E-state index contributed by atoms with van der Waals surface area (Å²) in [7, 11) is 1.55. The Kier molecular flexibility index (Phi) is 4.56. The van der Waals surface area contributed by atoms with Crippen LogP contribution < -0.4 is 10.9 Å². The summed E-state index contributed by atoms with van der Waals surface area (Å²) in [4.78, 5) is 25.2. The maximum atomic E-state index is 13.5. The molecular weight excluding hydrogens is 361 g/mol. The summed E-state index contributed by atoms with van der Waals surface area (Å²) in [6.07, 6.45) is 0. The van der Waals surface area contributed by atoms with Crippen molar-refractivity contribution in [1.82, 2.24) is 9.36 Å². The van der Waals surface area contributed by atoms with E-state index in [1.165, 1.54) is 4.68 Å². The van der Waals surface area contributed by atoms with Crippen molar-refractivity contribution in [3.63, 3.8) is 0 Å². The minimum atomic E-state index is -0.934. The molecule has 0 bridgehead atoms.